The van der Waals surface area contributed by atoms with Crippen LogP contribution in [0.4, 0.5) is 0 Å². The Labute approximate surface area is 180 Å². The third kappa shape index (κ3) is 6.81. The van der Waals surface area contributed by atoms with E-state index in [1.807, 2.05) is 12.1 Å². The highest BCUT2D eigenvalue weighted by atomic mass is 16.5. The predicted molar refractivity (Wildman–Crippen MR) is 122 cm³/mol. The Kier molecular flexibility index (Phi) is 9.26. The molecule has 0 bridgehead atoms. The van der Waals surface area contributed by atoms with E-state index in [1.165, 1.54) is 29.3 Å². The Bertz CT molecular complexity index is 739. The van der Waals surface area contributed by atoms with Gasteiger partial charge < -0.3 is 26.2 Å². The number of nitrogens with two attached hydrogens (primary N) is 4. The number of hydrazine groups is 2. The van der Waals surface area contributed by atoms with Gasteiger partial charge >= 0.3 is 0 Å². The van der Waals surface area contributed by atoms with Crippen LogP contribution in [0, 0.1) is 0 Å². The summed E-state index contributed by atoms with van der Waals surface area (Å²) in [7, 11) is 1.73. The van der Waals surface area contributed by atoms with Crippen LogP contribution in [0.2, 0.25) is 0 Å². The Morgan fingerprint density at radius 3 is 2.47 bits per heavy atom. The number of rotatable bonds is 10. The number of hydrogen-bond acceptors (Lipinski definition) is 8. The van der Waals surface area contributed by atoms with Gasteiger partial charge in [-0.05, 0) is 50.7 Å². The molecular formula is C22H39N7O. The van der Waals surface area contributed by atoms with E-state index in [-0.39, 0.29) is 6.10 Å². The molecule has 2 rings (SSSR count). The first-order valence-electron chi connectivity index (χ1n) is 11.0. The van der Waals surface area contributed by atoms with Crippen molar-refractivity contribution in [3.8, 4) is 5.75 Å². The van der Waals surface area contributed by atoms with Crippen molar-refractivity contribution in [1.29, 1.82) is 0 Å². The Balaban J connectivity index is 2.24. The van der Waals surface area contributed by atoms with Crippen molar-refractivity contribution in [2.24, 2.45) is 23.2 Å². The molecule has 8 N–H and O–H groups in total. The van der Waals surface area contributed by atoms with Crippen LogP contribution in [0.3, 0.4) is 0 Å². The minimum atomic E-state index is 0.279. The number of nitrogens with zero attached hydrogens (tertiary/aromatic N) is 3. The average Bonchev–Trinajstić information content (AvgIpc) is 2.72. The molecule has 0 unspecified atom stereocenters. The fourth-order valence-electron chi connectivity index (χ4n) is 3.68. The lowest BCUT2D eigenvalue weighted by Crippen LogP contribution is -2.38. The molecule has 1 aliphatic rings. The molecule has 1 saturated carbocycles. The third-order valence-electron chi connectivity index (χ3n) is 5.33. The molecule has 8 nitrogen and oxygen atoms in total. The van der Waals surface area contributed by atoms with Gasteiger partial charge in [0.1, 0.15) is 5.75 Å². The van der Waals surface area contributed by atoms with E-state index < -0.39 is 0 Å². The first-order chi connectivity index (χ1) is 14.3. The lowest BCUT2D eigenvalue weighted by atomic mass is 9.98. The largest absolute Gasteiger partial charge is 0.489 e. The summed E-state index contributed by atoms with van der Waals surface area (Å²) in [6.45, 7) is 4.45. The zero-order valence-corrected chi connectivity index (χ0v) is 18.7. The van der Waals surface area contributed by atoms with Crippen molar-refractivity contribution in [2.45, 2.75) is 71.3 Å². The van der Waals surface area contributed by atoms with E-state index in [9.17, 15) is 0 Å². The van der Waals surface area contributed by atoms with E-state index in [4.69, 9.17) is 32.9 Å². The second-order valence-corrected chi connectivity index (χ2v) is 7.97. The molecule has 0 atom stereocenters. The molecule has 1 aliphatic carbocycles. The second kappa shape index (κ2) is 11.7. The van der Waals surface area contributed by atoms with Crippen molar-refractivity contribution in [1.82, 2.24) is 15.0 Å². The molecule has 1 aromatic rings. The van der Waals surface area contributed by atoms with Gasteiger partial charge in [0.15, 0.2) is 0 Å². The number of likely N-dealkylation sites (N-methyl/N-ethyl adjacent to an activating group) is 1. The van der Waals surface area contributed by atoms with Crippen molar-refractivity contribution in [2.75, 3.05) is 13.6 Å². The Morgan fingerprint density at radius 2 is 1.87 bits per heavy atom. The lowest BCUT2D eigenvalue weighted by Gasteiger charge is -2.25. The van der Waals surface area contributed by atoms with Crippen LogP contribution in [0.1, 0.15) is 70.2 Å². The second-order valence-electron chi connectivity index (χ2n) is 7.97. The molecule has 30 heavy (non-hydrogen) atoms. The van der Waals surface area contributed by atoms with Crippen LogP contribution in [-0.4, -0.2) is 34.7 Å². The first-order valence-corrected chi connectivity index (χ1v) is 11.0. The zero-order valence-electron chi connectivity index (χ0n) is 18.7. The van der Waals surface area contributed by atoms with Gasteiger partial charge in [0.05, 0.1) is 35.4 Å². The van der Waals surface area contributed by atoms with Crippen molar-refractivity contribution >= 4 is 5.70 Å². The van der Waals surface area contributed by atoms with Crippen LogP contribution in [0.15, 0.2) is 29.7 Å². The molecule has 0 aromatic carbocycles. The van der Waals surface area contributed by atoms with Crippen LogP contribution < -0.4 is 27.9 Å². The summed E-state index contributed by atoms with van der Waals surface area (Å²) in [5.74, 6) is 13.0. The maximum absolute atomic E-state index is 6.46. The maximum atomic E-state index is 6.46. The highest BCUT2D eigenvalue weighted by molar-refractivity contribution is 5.63. The molecule has 168 valence electrons. The molecule has 0 spiro atoms. The van der Waals surface area contributed by atoms with Crippen molar-refractivity contribution in [3.05, 3.63) is 41.1 Å². The van der Waals surface area contributed by atoms with Gasteiger partial charge in [0.2, 0.25) is 0 Å². The Hall–Kier alpha value is -2.45. The van der Waals surface area contributed by atoms with Gasteiger partial charge in [-0.15, -0.1) is 0 Å². The average molecular weight is 418 g/mol. The van der Waals surface area contributed by atoms with Gasteiger partial charge in [-0.2, -0.15) is 0 Å². The summed E-state index contributed by atoms with van der Waals surface area (Å²) in [5, 5.41) is 2.97. The summed E-state index contributed by atoms with van der Waals surface area (Å²) in [6.07, 6.45) is 10.5. The number of aromatic nitrogens is 1. The molecule has 8 heteroatoms. The minimum Gasteiger partial charge on any atom is -0.489 e. The topological polar surface area (TPSA) is 133 Å². The van der Waals surface area contributed by atoms with Crippen LogP contribution in [-0.2, 0) is 6.42 Å². The van der Waals surface area contributed by atoms with Crippen LogP contribution in [0.25, 0.3) is 5.70 Å². The summed E-state index contributed by atoms with van der Waals surface area (Å²) in [5.41, 5.74) is 15.9. The zero-order chi connectivity index (χ0) is 22.1. The van der Waals surface area contributed by atoms with Crippen molar-refractivity contribution < 1.29 is 4.74 Å². The number of ether oxygens (including phenoxy) is 1. The predicted octanol–water partition coefficient (Wildman–Crippen LogP) is 2.56. The van der Waals surface area contributed by atoms with Gasteiger partial charge in [0.25, 0.3) is 0 Å². The number of pyridine rings is 1. The SMILES string of the molecule is CCC/C(N)=C/N(N)C/C(=C(/N)c1ccc(OC2CCCCC2)c(CC)n1)N(C)N. The van der Waals surface area contributed by atoms with Gasteiger partial charge in [0, 0.05) is 18.9 Å². The summed E-state index contributed by atoms with van der Waals surface area (Å²) in [6, 6.07) is 3.86. The lowest BCUT2D eigenvalue weighted by molar-refractivity contribution is 0.153. The highest BCUT2D eigenvalue weighted by Crippen LogP contribution is 2.27. The quantitative estimate of drug-likeness (QED) is 0.337. The monoisotopic (exact) mass is 417 g/mol. The molecule has 0 saturated heterocycles. The van der Waals surface area contributed by atoms with Crippen LogP contribution in [0.5, 0.6) is 5.75 Å². The van der Waals surface area contributed by atoms with Crippen LogP contribution >= 0.6 is 0 Å². The molecule has 0 radical (unpaired) electrons. The summed E-state index contributed by atoms with van der Waals surface area (Å²) < 4.78 is 6.25. The molecule has 1 fully saturated rings. The smallest absolute Gasteiger partial charge is 0.141 e. The normalized spacial score (nSPS) is 16.2. The highest BCUT2D eigenvalue weighted by Gasteiger charge is 2.18. The third-order valence-corrected chi connectivity index (χ3v) is 5.33. The van der Waals surface area contributed by atoms with Gasteiger partial charge in [-0.25, -0.2) is 16.7 Å². The van der Waals surface area contributed by atoms with Gasteiger partial charge in [-0.3, -0.25) is 0 Å². The fourth-order valence-corrected chi connectivity index (χ4v) is 3.68. The first kappa shape index (κ1) is 23.8. The molecular weight excluding hydrogens is 378 g/mol. The standard InChI is InChI=1S/C22H39N7O/c1-4-9-16(23)14-29(26)15-20(28(3)25)22(24)19-12-13-21(18(5-2)27-19)30-17-10-7-6-8-11-17/h12-14,17H,4-11,15,23-26H2,1-3H3/b16-14-,22-20-. The summed E-state index contributed by atoms with van der Waals surface area (Å²) >= 11 is 0. The molecule has 1 aromatic heterocycles. The minimum absolute atomic E-state index is 0.279. The fraction of sp³-hybridized carbons (Fsp3) is 0.591. The maximum Gasteiger partial charge on any atom is 0.141 e. The number of allylic oxidation sites excluding steroid dienone is 1. The summed E-state index contributed by atoms with van der Waals surface area (Å²) in [4.78, 5) is 4.77. The Morgan fingerprint density at radius 1 is 1.17 bits per heavy atom. The van der Waals surface area contributed by atoms with E-state index in [0.717, 1.165) is 43.5 Å². The molecule has 1 heterocycles. The number of hydrogen-bond donors (Lipinski definition) is 4. The molecule has 0 aliphatic heterocycles. The molecule has 0 amide bonds. The van der Waals surface area contributed by atoms with Gasteiger partial charge in [-0.1, -0.05) is 26.7 Å². The number of aryl methyl sites for hydroxylation is 1. The van der Waals surface area contributed by atoms with E-state index >= 15 is 0 Å². The van der Waals surface area contributed by atoms with E-state index in [2.05, 4.69) is 13.8 Å². The van der Waals surface area contributed by atoms with E-state index in [1.54, 1.807) is 13.2 Å². The van der Waals surface area contributed by atoms with Crippen molar-refractivity contribution in [3.63, 3.8) is 0 Å². The van der Waals surface area contributed by atoms with E-state index in [0.29, 0.717) is 29.3 Å².